The number of nitrogens with one attached hydrogen (secondary N) is 1. The predicted octanol–water partition coefficient (Wildman–Crippen LogP) is 0.833. The second kappa shape index (κ2) is 5.69. The van der Waals surface area contributed by atoms with Gasteiger partial charge in [-0.05, 0) is 32.4 Å². The molecule has 84 valence electrons. The van der Waals surface area contributed by atoms with Crippen LogP contribution >= 0.6 is 0 Å². The lowest BCUT2D eigenvalue weighted by Gasteiger charge is -2.41. The normalized spacial score (nSPS) is 19.7. The van der Waals surface area contributed by atoms with Gasteiger partial charge in [0.15, 0.2) is 0 Å². The first-order chi connectivity index (χ1) is 6.76. The second-order valence-corrected chi connectivity index (χ2v) is 4.25. The van der Waals surface area contributed by atoms with Crippen molar-refractivity contribution in [1.82, 2.24) is 10.2 Å². The molecule has 0 amide bonds. The molecule has 1 fully saturated rings. The molecule has 0 aromatic heterocycles. The monoisotopic (exact) mass is 200 g/mol. The van der Waals surface area contributed by atoms with Crippen LogP contribution in [0, 0.1) is 0 Å². The van der Waals surface area contributed by atoms with E-state index in [0.717, 1.165) is 39.0 Å². The van der Waals surface area contributed by atoms with Crippen molar-refractivity contribution in [1.29, 1.82) is 0 Å². The van der Waals surface area contributed by atoms with Crippen molar-refractivity contribution in [2.45, 2.75) is 38.6 Å². The van der Waals surface area contributed by atoms with E-state index in [2.05, 4.69) is 24.1 Å². The van der Waals surface area contributed by atoms with Crippen LogP contribution in [0.2, 0.25) is 0 Å². The SMILES string of the molecule is CCN(CC)CCNC1(CO)CCC1. The molecule has 0 saturated heterocycles. The molecule has 14 heavy (non-hydrogen) atoms. The van der Waals surface area contributed by atoms with Crippen LogP contribution in [-0.2, 0) is 0 Å². The Balaban J connectivity index is 2.13. The zero-order valence-electron chi connectivity index (χ0n) is 9.55. The molecule has 0 atom stereocenters. The van der Waals surface area contributed by atoms with Crippen LogP contribution in [0.5, 0.6) is 0 Å². The van der Waals surface area contributed by atoms with Crippen molar-refractivity contribution >= 4 is 0 Å². The Labute approximate surface area is 87.5 Å². The van der Waals surface area contributed by atoms with Gasteiger partial charge in [-0.15, -0.1) is 0 Å². The van der Waals surface area contributed by atoms with Crippen molar-refractivity contribution in [3.05, 3.63) is 0 Å². The molecule has 1 saturated carbocycles. The first kappa shape index (κ1) is 12.0. The summed E-state index contributed by atoms with van der Waals surface area (Å²) in [4.78, 5) is 2.40. The van der Waals surface area contributed by atoms with Gasteiger partial charge >= 0.3 is 0 Å². The van der Waals surface area contributed by atoms with E-state index >= 15 is 0 Å². The van der Waals surface area contributed by atoms with Gasteiger partial charge in [-0.2, -0.15) is 0 Å². The molecule has 2 N–H and O–H groups in total. The molecule has 0 unspecified atom stereocenters. The van der Waals surface area contributed by atoms with Crippen LogP contribution in [0.1, 0.15) is 33.1 Å². The highest BCUT2D eigenvalue weighted by Gasteiger charge is 2.35. The maximum absolute atomic E-state index is 9.24. The average molecular weight is 200 g/mol. The Bertz CT molecular complexity index is 148. The van der Waals surface area contributed by atoms with Crippen LogP contribution in [0.15, 0.2) is 0 Å². The van der Waals surface area contributed by atoms with Gasteiger partial charge in [-0.3, -0.25) is 0 Å². The topological polar surface area (TPSA) is 35.5 Å². The van der Waals surface area contributed by atoms with Crippen molar-refractivity contribution in [3.8, 4) is 0 Å². The van der Waals surface area contributed by atoms with Crippen molar-refractivity contribution < 1.29 is 5.11 Å². The minimum Gasteiger partial charge on any atom is -0.394 e. The van der Waals surface area contributed by atoms with Crippen LogP contribution in [0.3, 0.4) is 0 Å². The predicted molar refractivity (Wildman–Crippen MR) is 59.5 cm³/mol. The van der Waals surface area contributed by atoms with Crippen LogP contribution < -0.4 is 5.32 Å². The van der Waals surface area contributed by atoms with E-state index in [1.165, 1.54) is 6.42 Å². The van der Waals surface area contributed by atoms with Gasteiger partial charge in [0.25, 0.3) is 0 Å². The fourth-order valence-electron chi connectivity index (χ4n) is 2.01. The molecule has 1 aliphatic carbocycles. The van der Waals surface area contributed by atoms with Crippen LogP contribution in [-0.4, -0.2) is 48.3 Å². The standard InChI is InChI=1S/C11H24N2O/c1-3-13(4-2)9-8-12-11(10-14)6-5-7-11/h12,14H,3-10H2,1-2H3. The highest BCUT2D eigenvalue weighted by Crippen LogP contribution is 2.30. The smallest absolute Gasteiger partial charge is 0.0613 e. The number of aliphatic hydroxyl groups excluding tert-OH is 1. The van der Waals surface area contributed by atoms with Gasteiger partial charge < -0.3 is 15.3 Å². The van der Waals surface area contributed by atoms with E-state index in [-0.39, 0.29) is 5.54 Å². The quantitative estimate of drug-likeness (QED) is 0.639. The molecule has 3 nitrogen and oxygen atoms in total. The van der Waals surface area contributed by atoms with Crippen molar-refractivity contribution in [2.24, 2.45) is 0 Å². The van der Waals surface area contributed by atoms with Gasteiger partial charge in [0.05, 0.1) is 6.61 Å². The fraction of sp³-hybridized carbons (Fsp3) is 1.00. The Morgan fingerprint density at radius 1 is 1.29 bits per heavy atom. The van der Waals surface area contributed by atoms with E-state index in [1.807, 2.05) is 0 Å². The van der Waals surface area contributed by atoms with Crippen LogP contribution in [0.25, 0.3) is 0 Å². The Hall–Kier alpha value is -0.120. The van der Waals surface area contributed by atoms with Crippen molar-refractivity contribution in [2.75, 3.05) is 32.8 Å². The summed E-state index contributed by atoms with van der Waals surface area (Å²) < 4.78 is 0. The van der Waals surface area contributed by atoms with Gasteiger partial charge in [0.1, 0.15) is 0 Å². The molecular weight excluding hydrogens is 176 g/mol. The Morgan fingerprint density at radius 3 is 2.29 bits per heavy atom. The lowest BCUT2D eigenvalue weighted by molar-refractivity contribution is 0.0859. The summed E-state index contributed by atoms with van der Waals surface area (Å²) in [5.41, 5.74) is 0.0765. The number of likely N-dealkylation sites (N-methyl/N-ethyl adjacent to an activating group) is 1. The van der Waals surface area contributed by atoms with Crippen molar-refractivity contribution in [3.63, 3.8) is 0 Å². The largest absolute Gasteiger partial charge is 0.394 e. The summed E-state index contributed by atoms with van der Waals surface area (Å²) in [5.74, 6) is 0. The average Bonchev–Trinajstić information content (AvgIpc) is 2.16. The Morgan fingerprint density at radius 2 is 1.93 bits per heavy atom. The maximum atomic E-state index is 9.24. The minimum atomic E-state index is 0.0765. The molecule has 3 heteroatoms. The molecule has 0 spiro atoms. The van der Waals surface area contributed by atoms with E-state index in [0.29, 0.717) is 6.61 Å². The summed E-state index contributed by atoms with van der Waals surface area (Å²) in [5, 5.41) is 12.7. The first-order valence-electron chi connectivity index (χ1n) is 5.84. The van der Waals surface area contributed by atoms with E-state index < -0.39 is 0 Å². The van der Waals surface area contributed by atoms with Gasteiger partial charge in [-0.1, -0.05) is 13.8 Å². The molecule has 0 bridgehead atoms. The van der Waals surface area contributed by atoms with Gasteiger partial charge in [-0.25, -0.2) is 0 Å². The Kier molecular flexibility index (Phi) is 4.85. The lowest BCUT2D eigenvalue weighted by atomic mass is 9.77. The highest BCUT2D eigenvalue weighted by atomic mass is 16.3. The molecular formula is C11H24N2O. The minimum absolute atomic E-state index is 0.0765. The fourth-order valence-corrected chi connectivity index (χ4v) is 2.01. The molecule has 0 aliphatic heterocycles. The number of hydrogen-bond acceptors (Lipinski definition) is 3. The summed E-state index contributed by atoms with van der Waals surface area (Å²) >= 11 is 0. The summed E-state index contributed by atoms with van der Waals surface area (Å²) in [6.07, 6.45) is 3.54. The zero-order valence-corrected chi connectivity index (χ0v) is 9.55. The third-order valence-corrected chi connectivity index (χ3v) is 3.44. The third-order valence-electron chi connectivity index (χ3n) is 3.44. The molecule has 0 radical (unpaired) electrons. The molecule has 1 aliphatic rings. The highest BCUT2D eigenvalue weighted by molar-refractivity contribution is 4.95. The number of nitrogens with zero attached hydrogens (tertiary/aromatic N) is 1. The maximum Gasteiger partial charge on any atom is 0.0613 e. The summed E-state index contributed by atoms with van der Waals surface area (Å²) in [7, 11) is 0. The van der Waals surface area contributed by atoms with Gasteiger partial charge in [0, 0.05) is 18.6 Å². The van der Waals surface area contributed by atoms with E-state index in [9.17, 15) is 5.11 Å². The molecule has 1 rings (SSSR count). The first-order valence-corrected chi connectivity index (χ1v) is 5.84. The van der Waals surface area contributed by atoms with E-state index in [1.54, 1.807) is 0 Å². The second-order valence-electron chi connectivity index (χ2n) is 4.25. The summed E-state index contributed by atoms with van der Waals surface area (Å²) in [6.45, 7) is 9.00. The zero-order chi connectivity index (χ0) is 10.4. The van der Waals surface area contributed by atoms with Gasteiger partial charge in [0.2, 0.25) is 0 Å². The number of hydrogen-bond donors (Lipinski definition) is 2. The molecule has 0 aromatic rings. The lowest BCUT2D eigenvalue weighted by Crippen LogP contribution is -2.55. The molecule has 0 heterocycles. The van der Waals surface area contributed by atoms with E-state index in [4.69, 9.17) is 0 Å². The third kappa shape index (κ3) is 2.94. The van der Waals surface area contributed by atoms with Crippen LogP contribution in [0.4, 0.5) is 0 Å². The molecule has 0 aromatic carbocycles. The summed E-state index contributed by atoms with van der Waals surface area (Å²) in [6, 6.07) is 0. The number of rotatable bonds is 7. The number of aliphatic hydroxyl groups is 1.